The number of aliphatic hydroxyl groups excluding tert-OH is 3. The van der Waals surface area contributed by atoms with Gasteiger partial charge in [-0.25, -0.2) is 38.4 Å². The Bertz CT molecular complexity index is 2960. The molecule has 8 rings (SSSR count). The highest BCUT2D eigenvalue weighted by Crippen LogP contribution is 2.52. The molecule has 13 atom stereocenters. The van der Waals surface area contributed by atoms with E-state index in [9.17, 15) is 63.0 Å². The summed E-state index contributed by atoms with van der Waals surface area (Å²) in [6, 6.07) is 0. The summed E-state index contributed by atoms with van der Waals surface area (Å²) in [5.41, 5.74) is 8.84. The second kappa shape index (κ2) is 18.1. The van der Waals surface area contributed by atoms with Crippen molar-refractivity contribution in [2.24, 2.45) is 0 Å². The first kappa shape index (κ1) is 47.8. The highest BCUT2D eigenvalue weighted by molar-refractivity contribution is 7.47. The number of aryl methyl sites for hydroxylation is 1. The standard InChI is InChI=1S/C30H39N12O21P3/c1-10-3-40(30(48)39-25(10)46)15-2-11(12(59-15)4-56-64(49,50)51)62-65(52,53)58-6-14-21(20(45)28(61-14)42-9-36-17-24(42)37-29(32)38-26(17)47)63-66(54,55)57-5-13-18(43)19(44)27(60-13)41-8-35-16-22(31)33-7-34-23(16)41/h3,7-9,11-15,18-21,27-28,43-45H,2,4-6H2,1H3,(H,52,53)(H,54,55)(H2,31,33,34)(H,39,46,48)(H2,49,50,51)(H3,32,37,38,47)/t11-,12+,13+,14+,15+,18+,19+,20+,21+,27+,28+/m0/s1. The maximum atomic E-state index is 13.5. The van der Waals surface area contributed by atoms with E-state index in [0.29, 0.717) is 0 Å². The summed E-state index contributed by atoms with van der Waals surface area (Å²) in [5, 5.41) is 33.2. The van der Waals surface area contributed by atoms with Gasteiger partial charge in [-0.1, -0.05) is 0 Å². The zero-order valence-corrected chi connectivity index (χ0v) is 36.1. The minimum Gasteiger partial charge on any atom is -0.387 e. The third kappa shape index (κ3) is 9.80. The lowest BCUT2D eigenvalue weighted by Gasteiger charge is -2.25. The van der Waals surface area contributed by atoms with E-state index in [-0.39, 0.29) is 39.7 Å². The summed E-state index contributed by atoms with van der Waals surface area (Å²) in [6.45, 7) is -1.63. The summed E-state index contributed by atoms with van der Waals surface area (Å²) in [5.74, 6) is -0.375. The molecule has 0 bridgehead atoms. The average Bonchev–Trinajstić information content (AvgIpc) is 4.06. The Morgan fingerprint density at radius 2 is 1.35 bits per heavy atom. The molecule has 0 aliphatic carbocycles. The molecule has 36 heteroatoms. The minimum atomic E-state index is -5.42. The van der Waals surface area contributed by atoms with E-state index in [4.69, 9.17) is 43.8 Å². The van der Waals surface area contributed by atoms with Crippen molar-refractivity contribution in [2.75, 3.05) is 31.3 Å². The van der Waals surface area contributed by atoms with Gasteiger partial charge in [0.15, 0.2) is 35.1 Å². The lowest BCUT2D eigenvalue weighted by Crippen LogP contribution is -2.37. The number of nitrogens with one attached hydrogen (secondary N) is 2. The van der Waals surface area contributed by atoms with Gasteiger partial charge in [-0.2, -0.15) is 4.98 Å². The lowest BCUT2D eigenvalue weighted by atomic mass is 10.1. The normalized spacial score (nSPS) is 30.0. The molecule has 33 nitrogen and oxygen atoms in total. The number of hydrogen-bond donors (Lipinski definition) is 11. The average molecular weight is 997 g/mol. The van der Waals surface area contributed by atoms with Crippen molar-refractivity contribution in [3.05, 3.63) is 61.9 Å². The number of fused-ring (bicyclic) bond motifs is 2. The van der Waals surface area contributed by atoms with Gasteiger partial charge >= 0.3 is 29.2 Å². The monoisotopic (exact) mass is 996 g/mol. The van der Waals surface area contributed by atoms with Crippen LogP contribution < -0.4 is 28.3 Å². The molecule has 0 amide bonds. The quantitative estimate of drug-likeness (QED) is 0.0423. The number of aromatic nitrogens is 10. The van der Waals surface area contributed by atoms with Gasteiger partial charge in [0, 0.05) is 18.2 Å². The van der Waals surface area contributed by atoms with Crippen molar-refractivity contribution in [3.63, 3.8) is 0 Å². The lowest BCUT2D eigenvalue weighted by molar-refractivity contribution is -0.0618. The van der Waals surface area contributed by atoms with Crippen LogP contribution in [0.2, 0.25) is 0 Å². The highest BCUT2D eigenvalue weighted by atomic mass is 31.2. The molecule has 13 N–H and O–H groups in total. The zero-order chi connectivity index (χ0) is 47.6. The van der Waals surface area contributed by atoms with Crippen LogP contribution in [0.25, 0.3) is 22.3 Å². The highest BCUT2D eigenvalue weighted by Gasteiger charge is 2.52. The number of H-pyrrole nitrogens is 2. The number of imidazole rings is 2. The molecule has 0 aromatic carbocycles. The number of rotatable bonds is 16. The SMILES string of the molecule is Cc1cn([C@H]2C[C@H](OP(=O)(O)OC[C@H]3O[C@@H](n4cnc5c(=O)[nH]c(N)nc54)[C@H](O)[C@@H]3OP(=O)(O)OC[C@H]3O[C@@H](n4cnc5c(N)ncnc54)[C@H](O)[C@@H]3O)[C@@H](COP(=O)(O)O)O2)c(=O)[nH]c1=O. The van der Waals surface area contributed by atoms with Gasteiger partial charge in [0.1, 0.15) is 66.9 Å². The Morgan fingerprint density at radius 1 is 0.727 bits per heavy atom. The fraction of sp³-hybridized carbons (Fsp3) is 0.533. The smallest absolute Gasteiger partial charge is 0.387 e. The molecule has 2 unspecified atom stereocenters. The van der Waals surface area contributed by atoms with Gasteiger partial charge in [-0.15, -0.1) is 0 Å². The van der Waals surface area contributed by atoms with Crippen molar-refractivity contribution < 1.29 is 85.4 Å². The van der Waals surface area contributed by atoms with Crippen LogP contribution in [0.15, 0.2) is 39.6 Å². The summed E-state index contributed by atoms with van der Waals surface area (Å²) in [6.07, 6.45) is -14.4. The van der Waals surface area contributed by atoms with Gasteiger partial charge in [0.25, 0.3) is 11.1 Å². The fourth-order valence-corrected chi connectivity index (χ4v) is 9.59. The van der Waals surface area contributed by atoms with Crippen LogP contribution in [0.4, 0.5) is 11.8 Å². The Labute approximate surface area is 365 Å². The van der Waals surface area contributed by atoms with Crippen molar-refractivity contribution in [1.29, 1.82) is 0 Å². The molecule has 5 aromatic rings. The van der Waals surface area contributed by atoms with E-state index in [1.54, 1.807) is 0 Å². The minimum absolute atomic E-state index is 0.00772. The van der Waals surface area contributed by atoms with Crippen molar-refractivity contribution in [2.45, 2.75) is 80.9 Å². The van der Waals surface area contributed by atoms with Crippen LogP contribution in [0, 0.1) is 6.92 Å². The number of hydrogen-bond acceptors (Lipinski definition) is 24. The number of aromatic amines is 2. The van der Waals surface area contributed by atoms with E-state index in [0.717, 1.165) is 28.0 Å². The molecular weight excluding hydrogens is 957 g/mol. The maximum Gasteiger partial charge on any atom is 0.472 e. The molecule has 360 valence electrons. The summed E-state index contributed by atoms with van der Waals surface area (Å²) in [4.78, 5) is 102. The number of nitrogen functional groups attached to an aromatic ring is 2. The number of phosphoric ester groups is 3. The third-order valence-electron chi connectivity index (χ3n) is 10.4. The van der Waals surface area contributed by atoms with Gasteiger partial charge in [0.05, 0.1) is 32.5 Å². The van der Waals surface area contributed by atoms with Gasteiger partial charge in [-0.05, 0) is 6.92 Å². The number of phosphoric acid groups is 3. The van der Waals surface area contributed by atoms with Gasteiger partial charge < -0.3 is 60.6 Å². The van der Waals surface area contributed by atoms with Crippen LogP contribution in [-0.2, 0) is 50.5 Å². The molecule has 3 aliphatic rings. The van der Waals surface area contributed by atoms with Crippen LogP contribution in [0.1, 0.15) is 30.7 Å². The van der Waals surface area contributed by atoms with Crippen molar-refractivity contribution in [1.82, 2.24) is 48.6 Å². The van der Waals surface area contributed by atoms with Crippen LogP contribution >= 0.6 is 23.5 Å². The van der Waals surface area contributed by atoms with Crippen LogP contribution in [-0.4, -0.2) is 152 Å². The molecule has 5 aromatic heterocycles. The van der Waals surface area contributed by atoms with E-state index in [1.165, 1.54) is 17.8 Å². The number of nitrogens with zero attached hydrogens (tertiary/aromatic N) is 8. The Balaban J connectivity index is 0.999. The van der Waals surface area contributed by atoms with E-state index in [1.807, 2.05) is 4.98 Å². The fourth-order valence-electron chi connectivity index (χ4n) is 7.32. The molecule has 3 aliphatic heterocycles. The zero-order valence-electron chi connectivity index (χ0n) is 33.4. The molecule has 0 radical (unpaired) electrons. The first-order valence-corrected chi connectivity index (χ1v) is 23.5. The van der Waals surface area contributed by atoms with Crippen LogP contribution in [0.5, 0.6) is 0 Å². The predicted molar refractivity (Wildman–Crippen MR) is 212 cm³/mol. The summed E-state index contributed by atoms with van der Waals surface area (Å²) < 4.78 is 84.4. The third-order valence-corrected chi connectivity index (χ3v) is 12.9. The number of ether oxygens (including phenoxy) is 3. The second-order valence-corrected chi connectivity index (χ2v) is 18.9. The first-order valence-electron chi connectivity index (χ1n) is 19.0. The predicted octanol–water partition coefficient (Wildman–Crippen LogP) is -3.74. The molecule has 3 saturated heterocycles. The Morgan fingerprint density at radius 3 is 2.06 bits per heavy atom. The van der Waals surface area contributed by atoms with Gasteiger partial charge in [-0.3, -0.25) is 55.9 Å². The molecule has 0 spiro atoms. The molecular formula is C30H39N12O21P3. The van der Waals surface area contributed by atoms with Crippen molar-refractivity contribution >= 4 is 57.6 Å². The largest absolute Gasteiger partial charge is 0.472 e. The molecule has 3 fully saturated rings. The molecule has 8 heterocycles. The maximum absolute atomic E-state index is 13.5. The van der Waals surface area contributed by atoms with Crippen molar-refractivity contribution in [3.8, 4) is 0 Å². The van der Waals surface area contributed by atoms with E-state index in [2.05, 4.69) is 34.4 Å². The number of aliphatic hydroxyl groups is 3. The summed E-state index contributed by atoms with van der Waals surface area (Å²) >= 11 is 0. The number of nitrogens with two attached hydrogens (primary N) is 2. The van der Waals surface area contributed by atoms with Crippen LogP contribution in [0.3, 0.4) is 0 Å². The first-order chi connectivity index (χ1) is 31.0. The topological polar surface area (TPSA) is 481 Å². The summed E-state index contributed by atoms with van der Waals surface area (Å²) in [7, 11) is -16.0. The number of anilines is 2. The van der Waals surface area contributed by atoms with Gasteiger partial charge in [0.2, 0.25) is 5.95 Å². The van der Waals surface area contributed by atoms with E-state index >= 15 is 0 Å². The molecule has 66 heavy (non-hydrogen) atoms. The Hall–Kier alpha value is -4.73. The second-order valence-electron chi connectivity index (χ2n) is 14.8. The Kier molecular flexibility index (Phi) is 13.1. The van der Waals surface area contributed by atoms with E-state index < -0.39 is 134 Å². The molecule has 0 saturated carbocycles.